The number of amides is 1. The van der Waals surface area contributed by atoms with Gasteiger partial charge in [-0.25, -0.2) is 19.2 Å². The van der Waals surface area contributed by atoms with Gasteiger partial charge in [0.15, 0.2) is 0 Å². The lowest BCUT2D eigenvalue weighted by molar-refractivity contribution is -0.0119. The van der Waals surface area contributed by atoms with Crippen LogP contribution in [-0.4, -0.2) is 71.2 Å². The molecule has 4 heterocycles. The first kappa shape index (κ1) is 27.8. The fourth-order valence-corrected chi connectivity index (χ4v) is 5.10. The zero-order valence-electron chi connectivity index (χ0n) is 23.0. The third-order valence-electron chi connectivity index (χ3n) is 6.33. The molecule has 11 heteroatoms. The average Bonchev–Trinajstić information content (AvgIpc) is 3.15. The van der Waals surface area contributed by atoms with Crippen LogP contribution < -0.4 is 4.74 Å². The standard InChI is InChI=1S/C27H36FN5O4Si/c1-27(2,3)37-26(34)32-10-8-20(28)23(16-32)36-22-7-9-30-25-24(22)19-13-18(14-29)31-15-21(19)33(25)17-35-11-12-38(4,5)6/h7,9,13,15,20,23H,8,10-12,16-17H2,1-6H3. The molecule has 9 nitrogen and oxygen atoms in total. The summed E-state index contributed by atoms with van der Waals surface area (Å²) < 4.78 is 34.7. The number of hydrogen-bond acceptors (Lipinski definition) is 7. The molecule has 3 aromatic heterocycles. The zero-order valence-corrected chi connectivity index (χ0v) is 24.0. The normalized spacial score (nSPS) is 18.5. The van der Waals surface area contributed by atoms with Gasteiger partial charge in [0, 0.05) is 39.2 Å². The molecule has 38 heavy (non-hydrogen) atoms. The first-order chi connectivity index (χ1) is 17.9. The summed E-state index contributed by atoms with van der Waals surface area (Å²) >= 11 is 0. The fourth-order valence-electron chi connectivity index (χ4n) is 4.35. The molecule has 0 saturated carbocycles. The van der Waals surface area contributed by atoms with Crippen molar-refractivity contribution in [3.63, 3.8) is 0 Å². The fraction of sp³-hybridized carbons (Fsp3) is 0.556. The Kier molecular flexibility index (Phi) is 7.95. The van der Waals surface area contributed by atoms with Crippen molar-refractivity contribution < 1.29 is 23.4 Å². The number of rotatable bonds is 7. The molecule has 1 saturated heterocycles. The molecule has 1 amide bonds. The molecule has 0 N–H and O–H groups in total. The van der Waals surface area contributed by atoms with Crippen LogP contribution in [0.1, 0.15) is 32.9 Å². The van der Waals surface area contributed by atoms with E-state index in [1.165, 1.54) is 4.90 Å². The Hall–Kier alpha value is -3.23. The number of ether oxygens (including phenoxy) is 3. The van der Waals surface area contributed by atoms with Crippen molar-refractivity contribution in [2.75, 3.05) is 19.7 Å². The van der Waals surface area contributed by atoms with Crippen molar-refractivity contribution in [2.45, 2.75) is 77.5 Å². The number of alkyl halides is 1. The highest BCUT2D eigenvalue weighted by atomic mass is 28.3. The molecule has 1 fully saturated rings. The molecule has 0 radical (unpaired) electrons. The van der Waals surface area contributed by atoms with Gasteiger partial charge in [0.1, 0.15) is 47.8 Å². The lowest BCUT2D eigenvalue weighted by atomic mass is 10.1. The largest absolute Gasteiger partial charge is 0.485 e. The summed E-state index contributed by atoms with van der Waals surface area (Å²) in [5.74, 6) is 0.426. The quantitative estimate of drug-likeness (QED) is 0.288. The topological polar surface area (TPSA) is 102 Å². The van der Waals surface area contributed by atoms with Gasteiger partial charge in [-0.3, -0.25) is 4.57 Å². The molecule has 1 aliphatic heterocycles. The Bertz CT molecular complexity index is 1360. The van der Waals surface area contributed by atoms with Crippen LogP contribution >= 0.6 is 0 Å². The number of pyridine rings is 2. The van der Waals surface area contributed by atoms with Crippen LogP contribution in [0.2, 0.25) is 25.7 Å². The number of likely N-dealkylation sites (tertiary alicyclic amines) is 1. The minimum absolute atomic E-state index is 0.0589. The van der Waals surface area contributed by atoms with Crippen molar-refractivity contribution in [1.82, 2.24) is 19.4 Å². The Labute approximate surface area is 223 Å². The minimum Gasteiger partial charge on any atom is -0.485 e. The lowest BCUT2D eigenvalue weighted by Gasteiger charge is -2.36. The number of aromatic nitrogens is 3. The highest BCUT2D eigenvalue weighted by molar-refractivity contribution is 6.76. The monoisotopic (exact) mass is 541 g/mol. The zero-order chi connectivity index (χ0) is 27.7. The number of carbonyl (C=O) groups excluding carboxylic acids is 1. The summed E-state index contributed by atoms with van der Waals surface area (Å²) in [4.78, 5) is 22.9. The van der Waals surface area contributed by atoms with E-state index in [1.807, 2.05) is 4.57 Å². The van der Waals surface area contributed by atoms with Gasteiger partial charge in [-0.2, -0.15) is 5.26 Å². The van der Waals surface area contributed by atoms with Crippen LogP contribution in [0.5, 0.6) is 5.75 Å². The smallest absolute Gasteiger partial charge is 0.410 e. The average molecular weight is 542 g/mol. The molecular weight excluding hydrogens is 505 g/mol. The number of hydrogen-bond donors (Lipinski definition) is 0. The van der Waals surface area contributed by atoms with Gasteiger partial charge < -0.3 is 19.1 Å². The second-order valence-electron chi connectivity index (χ2n) is 11.9. The Morgan fingerprint density at radius 1 is 1.29 bits per heavy atom. The van der Waals surface area contributed by atoms with E-state index in [2.05, 4.69) is 35.7 Å². The van der Waals surface area contributed by atoms with Gasteiger partial charge >= 0.3 is 6.09 Å². The van der Waals surface area contributed by atoms with E-state index in [0.717, 1.165) is 16.9 Å². The SMILES string of the molecule is CC(C)(C)OC(=O)N1CCC(F)C(Oc2ccnc3c2c2cc(C#N)ncc2n3COCC[Si](C)(C)C)C1. The summed E-state index contributed by atoms with van der Waals surface area (Å²) in [5, 5.41) is 10.8. The van der Waals surface area contributed by atoms with E-state index in [1.54, 1.807) is 45.3 Å². The number of piperidine rings is 1. The Morgan fingerprint density at radius 2 is 2.05 bits per heavy atom. The highest BCUT2D eigenvalue weighted by Gasteiger charge is 2.35. The number of fused-ring (bicyclic) bond motifs is 3. The maximum atomic E-state index is 15.1. The van der Waals surface area contributed by atoms with Gasteiger partial charge in [0.2, 0.25) is 0 Å². The molecular formula is C27H36FN5O4Si. The summed E-state index contributed by atoms with van der Waals surface area (Å²) in [6.45, 7) is 13.5. The van der Waals surface area contributed by atoms with Crippen LogP contribution in [0, 0.1) is 11.3 Å². The van der Waals surface area contributed by atoms with Gasteiger partial charge in [0.25, 0.3) is 0 Å². The first-order valence-corrected chi connectivity index (χ1v) is 16.6. The number of halogens is 1. The molecule has 4 rings (SSSR count). The van der Waals surface area contributed by atoms with E-state index in [-0.39, 0.29) is 31.9 Å². The second-order valence-corrected chi connectivity index (χ2v) is 17.5. The van der Waals surface area contributed by atoms with E-state index in [4.69, 9.17) is 14.2 Å². The van der Waals surface area contributed by atoms with Crippen molar-refractivity contribution in [3.8, 4) is 11.8 Å². The van der Waals surface area contributed by atoms with Crippen LogP contribution in [0.3, 0.4) is 0 Å². The third kappa shape index (κ3) is 6.42. The Morgan fingerprint density at radius 3 is 2.74 bits per heavy atom. The van der Waals surface area contributed by atoms with Gasteiger partial charge in [-0.15, -0.1) is 0 Å². The molecule has 204 valence electrons. The lowest BCUT2D eigenvalue weighted by Crippen LogP contribution is -2.51. The summed E-state index contributed by atoms with van der Waals surface area (Å²) in [7, 11) is -1.26. The van der Waals surface area contributed by atoms with Crippen LogP contribution in [0.15, 0.2) is 24.5 Å². The minimum atomic E-state index is -1.26. The van der Waals surface area contributed by atoms with Crippen LogP contribution in [-0.2, 0) is 16.2 Å². The number of nitriles is 1. The maximum Gasteiger partial charge on any atom is 0.410 e. The van der Waals surface area contributed by atoms with Crippen LogP contribution in [0.4, 0.5) is 9.18 Å². The van der Waals surface area contributed by atoms with Crippen LogP contribution in [0.25, 0.3) is 21.9 Å². The summed E-state index contributed by atoms with van der Waals surface area (Å²) in [6.07, 6.45) is 0.749. The highest BCUT2D eigenvalue weighted by Crippen LogP contribution is 2.36. The van der Waals surface area contributed by atoms with Crippen molar-refractivity contribution in [3.05, 3.63) is 30.2 Å². The summed E-state index contributed by atoms with van der Waals surface area (Å²) in [5.41, 5.74) is 0.940. The second kappa shape index (κ2) is 10.9. The molecule has 2 atom stereocenters. The van der Waals surface area contributed by atoms with Crippen molar-refractivity contribution >= 4 is 36.1 Å². The number of nitrogens with zero attached hydrogens (tertiary/aromatic N) is 5. The van der Waals surface area contributed by atoms with Gasteiger partial charge in [-0.05, 0) is 38.9 Å². The Balaban J connectivity index is 1.66. The van der Waals surface area contributed by atoms with Gasteiger partial charge in [0.05, 0.1) is 23.6 Å². The summed E-state index contributed by atoms with van der Waals surface area (Å²) in [6, 6.07) is 6.48. The van der Waals surface area contributed by atoms with Gasteiger partial charge in [-0.1, -0.05) is 19.6 Å². The maximum absolute atomic E-state index is 15.1. The molecule has 1 aliphatic rings. The molecule has 2 unspecified atom stereocenters. The molecule has 0 aliphatic carbocycles. The van der Waals surface area contributed by atoms with E-state index in [9.17, 15) is 10.1 Å². The van der Waals surface area contributed by atoms with E-state index >= 15 is 4.39 Å². The first-order valence-electron chi connectivity index (χ1n) is 12.9. The molecule has 0 spiro atoms. The van der Waals surface area contributed by atoms with Crippen molar-refractivity contribution in [2.24, 2.45) is 0 Å². The van der Waals surface area contributed by atoms with E-state index < -0.39 is 32.0 Å². The predicted octanol–water partition coefficient (Wildman–Crippen LogP) is 5.49. The predicted molar refractivity (Wildman–Crippen MR) is 146 cm³/mol. The number of carbonyl (C=O) groups is 1. The van der Waals surface area contributed by atoms with Crippen molar-refractivity contribution in [1.29, 1.82) is 5.26 Å². The molecule has 0 aromatic carbocycles. The molecule has 3 aromatic rings. The van der Waals surface area contributed by atoms with E-state index in [0.29, 0.717) is 23.4 Å². The third-order valence-corrected chi connectivity index (χ3v) is 8.04. The molecule has 0 bridgehead atoms.